The number of nitrogens with zero attached hydrogens (tertiary/aromatic N) is 5. The molecule has 0 saturated heterocycles. The Labute approximate surface area is 160 Å². The summed E-state index contributed by atoms with van der Waals surface area (Å²) < 4.78 is 8.81. The van der Waals surface area contributed by atoms with Gasteiger partial charge in [-0.3, -0.25) is 9.48 Å². The predicted octanol–water partition coefficient (Wildman–Crippen LogP) is 3.23. The van der Waals surface area contributed by atoms with Gasteiger partial charge in [0.1, 0.15) is 10.8 Å². The molecule has 136 valence electrons. The molecule has 0 spiro atoms. The number of rotatable bonds is 6. The van der Waals surface area contributed by atoms with E-state index in [9.17, 15) is 4.79 Å². The van der Waals surface area contributed by atoms with Crippen LogP contribution in [0.5, 0.6) is 5.75 Å². The molecule has 9 heteroatoms. The van der Waals surface area contributed by atoms with Crippen LogP contribution in [0.25, 0.3) is 0 Å². The number of aryl methyl sites for hydroxylation is 1. The number of amides is 1. The third-order valence-corrected chi connectivity index (χ3v) is 4.44. The normalized spacial score (nSPS) is 10.8. The molecule has 3 aromatic rings. The third-order valence-electron chi connectivity index (χ3n) is 3.64. The number of halogens is 2. The first kappa shape index (κ1) is 18.3. The van der Waals surface area contributed by atoms with Gasteiger partial charge in [0, 0.05) is 26.5 Å². The first-order valence-electron chi connectivity index (χ1n) is 7.78. The summed E-state index contributed by atoms with van der Waals surface area (Å²) in [6, 6.07) is 8.64. The highest BCUT2D eigenvalue weighted by Gasteiger charge is 2.16. The Bertz CT molecular complexity index is 922. The fourth-order valence-electron chi connectivity index (χ4n) is 2.34. The van der Waals surface area contributed by atoms with Crippen LogP contribution in [0, 0.1) is 0 Å². The molecule has 1 amide bonds. The number of aromatic nitrogens is 4. The fraction of sp³-hybridized carbons (Fsp3) is 0.235. The maximum atomic E-state index is 12.5. The quantitative estimate of drug-likeness (QED) is 0.644. The molecule has 0 aliphatic carbocycles. The molecule has 0 unspecified atom stereocenters. The maximum Gasteiger partial charge on any atom is 0.274 e. The van der Waals surface area contributed by atoms with Gasteiger partial charge in [0.05, 0.1) is 17.3 Å². The molecule has 26 heavy (non-hydrogen) atoms. The number of hydrogen-bond donors (Lipinski definition) is 0. The third kappa shape index (κ3) is 4.17. The molecule has 0 aliphatic rings. The highest BCUT2D eigenvalue weighted by atomic mass is 35.5. The fourth-order valence-corrected chi connectivity index (χ4v) is 2.68. The van der Waals surface area contributed by atoms with Crippen LogP contribution in [-0.4, -0.2) is 37.4 Å². The van der Waals surface area contributed by atoms with Crippen molar-refractivity contribution in [1.82, 2.24) is 24.5 Å². The van der Waals surface area contributed by atoms with Gasteiger partial charge < -0.3 is 9.64 Å². The van der Waals surface area contributed by atoms with E-state index in [-0.39, 0.29) is 12.6 Å². The SMILES string of the molecule is CN(Cc1ccn(C)n1)C(=O)c1ccn(COc2cccc(Cl)c2Cl)n1. The highest BCUT2D eigenvalue weighted by Crippen LogP contribution is 2.31. The van der Waals surface area contributed by atoms with E-state index in [2.05, 4.69) is 10.2 Å². The molecule has 0 bridgehead atoms. The molecule has 0 atom stereocenters. The predicted molar refractivity (Wildman–Crippen MR) is 98.3 cm³/mol. The van der Waals surface area contributed by atoms with Crippen molar-refractivity contribution in [1.29, 1.82) is 0 Å². The van der Waals surface area contributed by atoms with Gasteiger partial charge in [-0.1, -0.05) is 29.3 Å². The molecular formula is C17H17Cl2N5O2. The summed E-state index contributed by atoms with van der Waals surface area (Å²) in [6.07, 6.45) is 3.50. The van der Waals surface area contributed by atoms with Crippen LogP contribution in [0.2, 0.25) is 10.0 Å². The van der Waals surface area contributed by atoms with Crippen molar-refractivity contribution in [3.05, 3.63) is 64.2 Å². The van der Waals surface area contributed by atoms with Gasteiger partial charge in [-0.25, -0.2) is 4.68 Å². The molecule has 0 aliphatic heterocycles. The molecule has 0 fully saturated rings. The highest BCUT2D eigenvalue weighted by molar-refractivity contribution is 6.42. The van der Waals surface area contributed by atoms with Crippen LogP contribution < -0.4 is 4.74 Å². The molecule has 0 radical (unpaired) electrons. The number of carbonyl (C=O) groups is 1. The number of ether oxygens (including phenoxy) is 1. The van der Waals surface area contributed by atoms with Crippen molar-refractivity contribution in [3.63, 3.8) is 0 Å². The minimum Gasteiger partial charge on any atom is -0.470 e. The van der Waals surface area contributed by atoms with E-state index < -0.39 is 0 Å². The number of benzene rings is 1. The van der Waals surface area contributed by atoms with Crippen molar-refractivity contribution >= 4 is 29.1 Å². The molecule has 7 nitrogen and oxygen atoms in total. The van der Waals surface area contributed by atoms with E-state index in [0.29, 0.717) is 28.0 Å². The van der Waals surface area contributed by atoms with Crippen LogP contribution in [0.4, 0.5) is 0 Å². The zero-order valence-electron chi connectivity index (χ0n) is 14.3. The van der Waals surface area contributed by atoms with Gasteiger partial charge in [0.2, 0.25) is 0 Å². The average molecular weight is 394 g/mol. The Morgan fingerprint density at radius 2 is 2.00 bits per heavy atom. The summed E-state index contributed by atoms with van der Waals surface area (Å²) >= 11 is 12.0. The Kier molecular flexibility index (Phi) is 5.49. The van der Waals surface area contributed by atoms with Crippen LogP contribution in [0.3, 0.4) is 0 Å². The molecule has 0 N–H and O–H groups in total. The molecule has 3 rings (SSSR count). The lowest BCUT2D eigenvalue weighted by Crippen LogP contribution is -2.27. The molecule has 1 aromatic carbocycles. The smallest absolute Gasteiger partial charge is 0.274 e. The largest absolute Gasteiger partial charge is 0.470 e. The summed E-state index contributed by atoms with van der Waals surface area (Å²) in [5.74, 6) is 0.255. The molecule has 2 aromatic heterocycles. The van der Waals surface area contributed by atoms with Gasteiger partial charge in [-0.15, -0.1) is 0 Å². The van der Waals surface area contributed by atoms with Crippen molar-refractivity contribution in [2.75, 3.05) is 7.05 Å². The van der Waals surface area contributed by atoms with Crippen molar-refractivity contribution in [2.45, 2.75) is 13.3 Å². The van der Waals surface area contributed by atoms with Crippen LogP contribution in [0.15, 0.2) is 42.7 Å². The molecule has 0 saturated carbocycles. The number of carbonyl (C=O) groups excluding carboxylic acids is 1. The van der Waals surface area contributed by atoms with Crippen molar-refractivity contribution in [2.24, 2.45) is 7.05 Å². The summed E-state index contributed by atoms with van der Waals surface area (Å²) in [5.41, 5.74) is 1.13. The van der Waals surface area contributed by atoms with Gasteiger partial charge >= 0.3 is 0 Å². The Morgan fingerprint density at radius 1 is 1.19 bits per heavy atom. The molecule has 2 heterocycles. The summed E-state index contributed by atoms with van der Waals surface area (Å²) in [6.45, 7) is 0.512. The monoisotopic (exact) mass is 393 g/mol. The minimum atomic E-state index is -0.199. The Hall–Kier alpha value is -2.51. The van der Waals surface area contributed by atoms with Crippen molar-refractivity contribution < 1.29 is 9.53 Å². The van der Waals surface area contributed by atoms with E-state index in [4.69, 9.17) is 27.9 Å². The standard InChI is InChI=1S/C17H17Cl2N5O2/c1-22(10-12-6-8-23(2)20-12)17(25)14-7-9-24(21-14)11-26-15-5-3-4-13(18)16(15)19/h3-9H,10-11H2,1-2H3. The van der Waals surface area contributed by atoms with E-state index in [0.717, 1.165) is 5.69 Å². The summed E-state index contributed by atoms with van der Waals surface area (Å²) in [7, 11) is 3.54. The zero-order valence-corrected chi connectivity index (χ0v) is 15.8. The zero-order chi connectivity index (χ0) is 18.7. The van der Waals surface area contributed by atoms with Gasteiger partial charge in [-0.05, 0) is 24.3 Å². The Balaban J connectivity index is 1.61. The van der Waals surface area contributed by atoms with Crippen molar-refractivity contribution in [3.8, 4) is 5.75 Å². The van der Waals surface area contributed by atoms with Gasteiger partial charge in [-0.2, -0.15) is 10.2 Å². The second kappa shape index (κ2) is 7.80. The molecular weight excluding hydrogens is 377 g/mol. The van der Waals surface area contributed by atoms with E-state index in [1.165, 1.54) is 4.68 Å². The van der Waals surface area contributed by atoms with E-state index in [1.807, 2.05) is 19.3 Å². The van der Waals surface area contributed by atoms with E-state index >= 15 is 0 Å². The second-order valence-corrected chi connectivity index (χ2v) is 6.49. The van der Waals surface area contributed by atoms with Gasteiger partial charge in [0.25, 0.3) is 5.91 Å². The lowest BCUT2D eigenvalue weighted by Gasteiger charge is -2.14. The first-order valence-corrected chi connectivity index (χ1v) is 8.54. The topological polar surface area (TPSA) is 65.2 Å². The lowest BCUT2D eigenvalue weighted by molar-refractivity contribution is 0.0775. The second-order valence-electron chi connectivity index (χ2n) is 5.71. The average Bonchev–Trinajstić information content (AvgIpc) is 3.24. The van der Waals surface area contributed by atoms with E-state index in [1.54, 1.807) is 47.1 Å². The van der Waals surface area contributed by atoms with Crippen LogP contribution in [0.1, 0.15) is 16.2 Å². The first-order chi connectivity index (χ1) is 12.4. The maximum absolute atomic E-state index is 12.5. The summed E-state index contributed by atoms with van der Waals surface area (Å²) in [5, 5.41) is 9.26. The van der Waals surface area contributed by atoms with Crippen LogP contribution >= 0.6 is 23.2 Å². The summed E-state index contributed by atoms with van der Waals surface area (Å²) in [4.78, 5) is 14.0. The Morgan fingerprint density at radius 3 is 2.73 bits per heavy atom. The van der Waals surface area contributed by atoms with Crippen LogP contribution in [-0.2, 0) is 20.3 Å². The number of hydrogen-bond acceptors (Lipinski definition) is 4. The van der Waals surface area contributed by atoms with Gasteiger partial charge in [0.15, 0.2) is 12.4 Å². The minimum absolute atomic E-state index is 0.108. The lowest BCUT2D eigenvalue weighted by atomic mass is 10.3.